The van der Waals surface area contributed by atoms with E-state index in [9.17, 15) is 13.6 Å². The molecule has 76 valence electrons. The van der Waals surface area contributed by atoms with E-state index < -0.39 is 17.5 Å². The van der Waals surface area contributed by atoms with Gasteiger partial charge in [-0.15, -0.1) is 0 Å². The van der Waals surface area contributed by atoms with Crippen LogP contribution in [-0.4, -0.2) is 12.5 Å². The van der Waals surface area contributed by atoms with E-state index in [1.54, 1.807) is 6.92 Å². The fraction of sp³-hybridized carbons (Fsp3) is 0.222. The standard InChI is InChI=1S/C9H8BrF2NO/c1-2-13-9(14)5-3-8(12)6(10)4-7(5)11/h3-4H,2H2,1H3,(H,13,14). The maximum absolute atomic E-state index is 13.1. The molecule has 0 radical (unpaired) electrons. The van der Waals surface area contributed by atoms with Gasteiger partial charge in [0.2, 0.25) is 0 Å². The molecular weight excluding hydrogens is 256 g/mol. The summed E-state index contributed by atoms with van der Waals surface area (Å²) in [5.74, 6) is -2.02. The lowest BCUT2D eigenvalue weighted by molar-refractivity contribution is 0.0951. The summed E-state index contributed by atoms with van der Waals surface area (Å²) in [4.78, 5) is 11.2. The van der Waals surface area contributed by atoms with Gasteiger partial charge in [0.05, 0.1) is 10.0 Å². The second-order valence-electron chi connectivity index (χ2n) is 2.61. The molecule has 0 saturated carbocycles. The fourth-order valence-corrected chi connectivity index (χ4v) is 1.27. The normalized spacial score (nSPS) is 10.0. The van der Waals surface area contributed by atoms with Crippen molar-refractivity contribution in [2.24, 2.45) is 0 Å². The predicted molar refractivity (Wildman–Crippen MR) is 52.1 cm³/mol. The Morgan fingerprint density at radius 3 is 2.64 bits per heavy atom. The highest BCUT2D eigenvalue weighted by Crippen LogP contribution is 2.19. The summed E-state index contributed by atoms with van der Waals surface area (Å²) >= 11 is 2.82. The van der Waals surface area contributed by atoms with E-state index in [1.165, 1.54) is 0 Å². The van der Waals surface area contributed by atoms with Gasteiger partial charge in [0.25, 0.3) is 5.91 Å². The molecule has 0 unspecified atom stereocenters. The van der Waals surface area contributed by atoms with E-state index in [0.717, 1.165) is 12.1 Å². The molecule has 1 rings (SSSR count). The Hall–Kier alpha value is -0.970. The minimum atomic E-state index is -0.746. The Bertz CT molecular complexity index is 368. The van der Waals surface area contributed by atoms with Crippen LogP contribution in [0.1, 0.15) is 17.3 Å². The molecule has 0 saturated heterocycles. The zero-order valence-electron chi connectivity index (χ0n) is 7.40. The maximum atomic E-state index is 13.1. The van der Waals surface area contributed by atoms with Crippen LogP contribution >= 0.6 is 15.9 Å². The van der Waals surface area contributed by atoms with Crippen LogP contribution in [0.2, 0.25) is 0 Å². The number of hydrogen-bond donors (Lipinski definition) is 1. The first kappa shape index (κ1) is 11.1. The van der Waals surface area contributed by atoms with Crippen molar-refractivity contribution in [3.63, 3.8) is 0 Å². The summed E-state index contributed by atoms with van der Waals surface area (Å²) in [6.07, 6.45) is 0. The molecule has 0 heterocycles. The average molecular weight is 264 g/mol. The molecule has 14 heavy (non-hydrogen) atoms. The monoisotopic (exact) mass is 263 g/mol. The molecule has 0 fully saturated rings. The van der Waals surface area contributed by atoms with Crippen molar-refractivity contribution >= 4 is 21.8 Å². The number of halogens is 3. The molecule has 0 atom stereocenters. The molecule has 1 aromatic carbocycles. The lowest BCUT2D eigenvalue weighted by Gasteiger charge is -2.04. The molecule has 0 bridgehead atoms. The topological polar surface area (TPSA) is 29.1 Å². The first-order chi connectivity index (χ1) is 6.56. The van der Waals surface area contributed by atoms with E-state index in [1.807, 2.05) is 0 Å². The van der Waals surface area contributed by atoms with Crippen molar-refractivity contribution in [3.05, 3.63) is 33.8 Å². The Morgan fingerprint density at radius 2 is 2.07 bits per heavy atom. The minimum Gasteiger partial charge on any atom is -0.352 e. The summed E-state index contributed by atoms with van der Waals surface area (Å²) in [7, 11) is 0. The molecule has 0 aliphatic rings. The molecular formula is C9H8BrF2NO. The molecule has 5 heteroatoms. The SMILES string of the molecule is CCNC(=O)c1cc(F)c(Br)cc1F. The van der Waals surface area contributed by atoms with Gasteiger partial charge in [-0.05, 0) is 35.0 Å². The summed E-state index contributed by atoms with van der Waals surface area (Å²) in [5, 5.41) is 2.39. The van der Waals surface area contributed by atoms with Crippen LogP contribution in [-0.2, 0) is 0 Å². The van der Waals surface area contributed by atoms with Gasteiger partial charge in [0.1, 0.15) is 11.6 Å². The Labute approximate surface area is 88.4 Å². The van der Waals surface area contributed by atoms with E-state index in [4.69, 9.17) is 0 Å². The molecule has 0 aliphatic carbocycles. The lowest BCUT2D eigenvalue weighted by Crippen LogP contribution is -2.23. The van der Waals surface area contributed by atoms with Crippen LogP contribution in [0.3, 0.4) is 0 Å². The summed E-state index contributed by atoms with van der Waals surface area (Å²) in [6.45, 7) is 2.07. The van der Waals surface area contributed by atoms with Crippen molar-refractivity contribution in [1.29, 1.82) is 0 Å². The molecule has 1 N–H and O–H groups in total. The fourth-order valence-electron chi connectivity index (χ4n) is 0.952. The van der Waals surface area contributed by atoms with Gasteiger partial charge in [-0.2, -0.15) is 0 Å². The van der Waals surface area contributed by atoms with Gasteiger partial charge >= 0.3 is 0 Å². The highest BCUT2D eigenvalue weighted by Gasteiger charge is 2.14. The number of rotatable bonds is 2. The van der Waals surface area contributed by atoms with E-state index in [2.05, 4.69) is 21.2 Å². The number of amides is 1. The largest absolute Gasteiger partial charge is 0.352 e. The highest BCUT2D eigenvalue weighted by atomic mass is 79.9. The molecule has 0 spiro atoms. The van der Waals surface area contributed by atoms with Crippen LogP contribution in [0.25, 0.3) is 0 Å². The third-order valence-electron chi connectivity index (χ3n) is 1.59. The molecule has 2 nitrogen and oxygen atoms in total. The Morgan fingerprint density at radius 1 is 1.43 bits per heavy atom. The Balaban J connectivity index is 3.09. The average Bonchev–Trinajstić information content (AvgIpc) is 2.11. The van der Waals surface area contributed by atoms with Gasteiger partial charge in [-0.25, -0.2) is 8.78 Å². The smallest absolute Gasteiger partial charge is 0.254 e. The third-order valence-corrected chi connectivity index (χ3v) is 2.20. The molecule has 1 aromatic rings. The van der Waals surface area contributed by atoms with Crippen molar-refractivity contribution in [2.75, 3.05) is 6.54 Å². The summed E-state index contributed by atoms with van der Waals surface area (Å²) in [5.41, 5.74) is -0.285. The van der Waals surface area contributed by atoms with Crippen LogP contribution in [0, 0.1) is 11.6 Å². The molecule has 0 aliphatic heterocycles. The zero-order valence-corrected chi connectivity index (χ0v) is 8.99. The lowest BCUT2D eigenvalue weighted by atomic mass is 10.2. The van der Waals surface area contributed by atoms with Gasteiger partial charge in [0.15, 0.2) is 0 Å². The molecule has 1 amide bonds. The first-order valence-electron chi connectivity index (χ1n) is 3.99. The van der Waals surface area contributed by atoms with Gasteiger partial charge in [0, 0.05) is 6.54 Å². The quantitative estimate of drug-likeness (QED) is 0.817. The summed E-state index contributed by atoms with van der Waals surface area (Å²) < 4.78 is 26.1. The van der Waals surface area contributed by atoms with E-state index in [-0.39, 0.29) is 10.0 Å². The van der Waals surface area contributed by atoms with Crippen molar-refractivity contribution in [1.82, 2.24) is 5.32 Å². The number of carbonyl (C=O) groups is 1. The number of nitrogens with one attached hydrogen (secondary N) is 1. The maximum Gasteiger partial charge on any atom is 0.254 e. The number of carbonyl (C=O) groups excluding carboxylic acids is 1. The van der Waals surface area contributed by atoms with E-state index in [0.29, 0.717) is 6.54 Å². The zero-order chi connectivity index (χ0) is 10.7. The second kappa shape index (κ2) is 4.50. The Kier molecular flexibility index (Phi) is 3.57. The summed E-state index contributed by atoms with van der Waals surface area (Å²) in [6, 6.07) is 1.80. The minimum absolute atomic E-state index is 0.00282. The van der Waals surface area contributed by atoms with Crippen molar-refractivity contribution < 1.29 is 13.6 Å². The molecule has 0 aromatic heterocycles. The van der Waals surface area contributed by atoms with Gasteiger partial charge in [-0.3, -0.25) is 4.79 Å². The number of benzene rings is 1. The third kappa shape index (κ3) is 2.29. The van der Waals surface area contributed by atoms with Crippen molar-refractivity contribution in [3.8, 4) is 0 Å². The second-order valence-corrected chi connectivity index (χ2v) is 3.46. The number of hydrogen-bond acceptors (Lipinski definition) is 1. The van der Waals surface area contributed by atoms with Crippen LogP contribution in [0.15, 0.2) is 16.6 Å². The van der Waals surface area contributed by atoms with Gasteiger partial charge in [-0.1, -0.05) is 0 Å². The van der Waals surface area contributed by atoms with Crippen LogP contribution < -0.4 is 5.32 Å². The van der Waals surface area contributed by atoms with Crippen LogP contribution in [0.4, 0.5) is 8.78 Å². The van der Waals surface area contributed by atoms with Crippen LogP contribution in [0.5, 0.6) is 0 Å². The van der Waals surface area contributed by atoms with Crippen molar-refractivity contribution in [2.45, 2.75) is 6.92 Å². The highest BCUT2D eigenvalue weighted by molar-refractivity contribution is 9.10. The first-order valence-corrected chi connectivity index (χ1v) is 4.78. The van der Waals surface area contributed by atoms with Gasteiger partial charge < -0.3 is 5.32 Å². The van der Waals surface area contributed by atoms with E-state index >= 15 is 0 Å². The predicted octanol–water partition coefficient (Wildman–Crippen LogP) is 2.48.